The smallest absolute Gasteiger partial charge is 0.241 e. The van der Waals surface area contributed by atoms with Crippen molar-refractivity contribution in [3.8, 4) is 0 Å². The minimum Gasteiger partial charge on any atom is -0.352 e. The summed E-state index contributed by atoms with van der Waals surface area (Å²) < 4.78 is 0. The van der Waals surface area contributed by atoms with E-state index in [9.17, 15) is 4.79 Å². The average Bonchev–Trinajstić information content (AvgIpc) is 2.39. The van der Waals surface area contributed by atoms with Crippen molar-refractivity contribution in [2.75, 3.05) is 0 Å². The predicted octanol–water partition coefficient (Wildman–Crippen LogP) is 2.77. The molecule has 0 spiro atoms. The van der Waals surface area contributed by atoms with Crippen LogP contribution in [0.2, 0.25) is 0 Å². The van der Waals surface area contributed by atoms with E-state index in [1.54, 1.807) is 0 Å². The van der Waals surface area contributed by atoms with Crippen molar-refractivity contribution in [2.45, 2.75) is 51.6 Å². The first kappa shape index (κ1) is 14.7. The Labute approximate surface area is 110 Å². The van der Waals surface area contributed by atoms with Crippen LogP contribution in [0.5, 0.6) is 0 Å². The number of nitrogens with two attached hydrogens (primary N) is 1. The van der Waals surface area contributed by atoms with Gasteiger partial charge in [0.15, 0.2) is 0 Å². The molecule has 0 aromatic heterocycles. The Morgan fingerprint density at radius 1 is 1.28 bits per heavy atom. The summed E-state index contributed by atoms with van der Waals surface area (Å²) in [5, 5.41) is 2.97. The zero-order valence-corrected chi connectivity index (χ0v) is 11.4. The first-order chi connectivity index (χ1) is 8.65. The van der Waals surface area contributed by atoms with E-state index in [2.05, 4.69) is 12.2 Å². The second-order valence-corrected chi connectivity index (χ2v) is 4.79. The molecule has 3 N–H and O–H groups in total. The summed E-state index contributed by atoms with van der Waals surface area (Å²) in [5.74, 6) is -0.0924. The Morgan fingerprint density at radius 2 is 1.94 bits per heavy atom. The Kier molecular flexibility index (Phi) is 6.44. The first-order valence-corrected chi connectivity index (χ1v) is 6.76. The van der Waals surface area contributed by atoms with Crippen LogP contribution in [0.25, 0.3) is 0 Å². The third-order valence-electron chi connectivity index (χ3n) is 3.07. The van der Waals surface area contributed by atoms with Crippen LogP contribution >= 0.6 is 0 Å². The van der Waals surface area contributed by atoms with Gasteiger partial charge in [0.1, 0.15) is 6.04 Å². The van der Waals surface area contributed by atoms with Gasteiger partial charge in [0.25, 0.3) is 0 Å². The molecule has 1 amide bonds. The molecule has 3 nitrogen and oxygen atoms in total. The molecule has 100 valence electrons. The number of hydrogen-bond acceptors (Lipinski definition) is 2. The lowest BCUT2D eigenvalue weighted by Crippen LogP contribution is -2.39. The fourth-order valence-corrected chi connectivity index (χ4v) is 1.92. The third kappa shape index (κ3) is 4.88. The lowest BCUT2D eigenvalue weighted by molar-refractivity contribution is -0.123. The van der Waals surface area contributed by atoms with Gasteiger partial charge in [-0.25, -0.2) is 0 Å². The van der Waals surface area contributed by atoms with E-state index in [0.717, 1.165) is 18.4 Å². The molecular formula is C15H24N2O. The number of nitrogens with one attached hydrogen (secondary N) is 1. The maximum atomic E-state index is 12.0. The zero-order chi connectivity index (χ0) is 13.4. The average molecular weight is 248 g/mol. The molecule has 0 aliphatic heterocycles. The highest BCUT2D eigenvalue weighted by Gasteiger charge is 2.16. The molecule has 0 saturated carbocycles. The standard InChI is InChI=1S/C15H24N2O/c1-3-4-6-9-12(2)17-15(18)14(16)13-10-7-5-8-11-13/h5,7-8,10-12,14H,3-4,6,9,16H2,1-2H3,(H,17,18). The Bertz CT molecular complexity index is 351. The van der Waals surface area contributed by atoms with Crippen LogP contribution < -0.4 is 11.1 Å². The maximum Gasteiger partial charge on any atom is 0.241 e. The second kappa shape index (κ2) is 7.88. The quantitative estimate of drug-likeness (QED) is 0.729. The summed E-state index contributed by atoms with van der Waals surface area (Å²) in [7, 11) is 0. The van der Waals surface area contributed by atoms with Gasteiger partial charge >= 0.3 is 0 Å². The highest BCUT2D eigenvalue weighted by Crippen LogP contribution is 2.10. The number of rotatable bonds is 7. The van der Waals surface area contributed by atoms with E-state index in [-0.39, 0.29) is 11.9 Å². The molecule has 3 heteroatoms. The summed E-state index contributed by atoms with van der Waals surface area (Å²) in [5.41, 5.74) is 6.79. The molecule has 0 bridgehead atoms. The Morgan fingerprint density at radius 3 is 2.56 bits per heavy atom. The SMILES string of the molecule is CCCCCC(C)NC(=O)C(N)c1ccccc1. The Hall–Kier alpha value is -1.35. The number of unbranched alkanes of at least 4 members (excludes halogenated alkanes) is 2. The van der Waals surface area contributed by atoms with Crippen molar-refractivity contribution >= 4 is 5.91 Å². The molecule has 0 aliphatic rings. The molecule has 1 aromatic rings. The van der Waals surface area contributed by atoms with E-state index < -0.39 is 6.04 Å². The van der Waals surface area contributed by atoms with Crippen molar-refractivity contribution in [1.29, 1.82) is 0 Å². The van der Waals surface area contributed by atoms with E-state index in [4.69, 9.17) is 5.73 Å². The maximum absolute atomic E-state index is 12.0. The van der Waals surface area contributed by atoms with Crippen LogP contribution in [-0.4, -0.2) is 11.9 Å². The van der Waals surface area contributed by atoms with E-state index in [1.807, 2.05) is 37.3 Å². The van der Waals surface area contributed by atoms with Gasteiger partial charge in [0.05, 0.1) is 0 Å². The molecule has 0 heterocycles. The van der Waals surface area contributed by atoms with Gasteiger partial charge in [-0.2, -0.15) is 0 Å². The normalized spacial score (nSPS) is 13.9. The van der Waals surface area contributed by atoms with Crippen LogP contribution in [0.4, 0.5) is 0 Å². The van der Waals surface area contributed by atoms with Gasteiger partial charge in [-0.3, -0.25) is 4.79 Å². The van der Waals surface area contributed by atoms with Crippen LogP contribution in [0.1, 0.15) is 51.1 Å². The van der Waals surface area contributed by atoms with Gasteiger partial charge in [-0.05, 0) is 18.9 Å². The second-order valence-electron chi connectivity index (χ2n) is 4.79. The van der Waals surface area contributed by atoms with Crippen molar-refractivity contribution in [1.82, 2.24) is 5.32 Å². The monoisotopic (exact) mass is 248 g/mol. The minimum absolute atomic E-state index is 0.0924. The van der Waals surface area contributed by atoms with Gasteiger partial charge < -0.3 is 11.1 Å². The van der Waals surface area contributed by atoms with Gasteiger partial charge in [0, 0.05) is 6.04 Å². The predicted molar refractivity (Wildman–Crippen MR) is 75.1 cm³/mol. The largest absolute Gasteiger partial charge is 0.352 e. The number of amides is 1. The Balaban J connectivity index is 2.40. The van der Waals surface area contributed by atoms with Crippen LogP contribution in [0, 0.1) is 0 Å². The molecular weight excluding hydrogens is 224 g/mol. The fourth-order valence-electron chi connectivity index (χ4n) is 1.92. The minimum atomic E-state index is -0.570. The lowest BCUT2D eigenvalue weighted by Gasteiger charge is -2.17. The molecule has 0 radical (unpaired) electrons. The van der Waals surface area contributed by atoms with Crippen molar-refractivity contribution in [3.05, 3.63) is 35.9 Å². The topological polar surface area (TPSA) is 55.1 Å². The van der Waals surface area contributed by atoms with Gasteiger partial charge in [-0.1, -0.05) is 56.5 Å². The molecule has 18 heavy (non-hydrogen) atoms. The molecule has 1 rings (SSSR count). The van der Waals surface area contributed by atoms with E-state index >= 15 is 0 Å². The summed E-state index contributed by atoms with van der Waals surface area (Å²) in [4.78, 5) is 12.0. The highest BCUT2D eigenvalue weighted by molar-refractivity contribution is 5.83. The molecule has 2 atom stereocenters. The molecule has 1 aromatic carbocycles. The number of benzene rings is 1. The number of carbonyl (C=O) groups excluding carboxylic acids is 1. The van der Waals surface area contributed by atoms with Crippen LogP contribution in [0.15, 0.2) is 30.3 Å². The van der Waals surface area contributed by atoms with Crippen molar-refractivity contribution in [3.63, 3.8) is 0 Å². The lowest BCUT2D eigenvalue weighted by atomic mass is 10.1. The van der Waals surface area contributed by atoms with Crippen molar-refractivity contribution in [2.24, 2.45) is 5.73 Å². The molecule has 0 saturated heterocycles. The zero-order valence-electron chi connectivity index (χ0n) is 11.4. The summed E-state index contributed by atoms with van der Waals surface area (Å²) >= 11 is 0. The third-order valence-corrected chi connectivity index (χ3v) is 3.07. The van der Waals surface area contributed by atoms with Gasteiger partial charge in [0.2, 0.25) is 5.91 Å². The summed E-state index contributed by atoms with van der Waals surface area (Å²) in [6.45, 7) is 4.21. The molecule has 2 unspecified atom stereocenters. The molecule has 0 fully saturated rings. The fraction of sp³-hybridized carbons (Fsp3) is 0.533. The van der Waals surface area contributed by atoms with Gasteiger partial charge in [-0.15, -0.1) is 0 Å². The van der Waals surface area contributed by atoms with E-state index in [0.29, 0.717) is 0 Å². The number of carbonyl (C=O) groups is 1. The summed E-state index contributed by atoms with van der Waals surface area (Å²) in [6.07, 6.45) is 4.58. The highest BCUT2D eigenvalue weighted by atomic mass is 16.2. The van der Waals surface area contributed by atoms with Crippen LogP contribution in [-0.2, 0) is 4.79 Å². The first-order valence-electron chi connectivity index (χ1n) is 6.76. The number of hydrogen-bond donors (Lipinski definition) is 2. The van der Waals surface area contributed by atoms with E-state index in [1.165, 1.54) is 12.8 Å². The summed E-state index contributed by atoms with van der Waals surface area (Å²) in [6, 6.07) is 9.10. The van der Waals surface area contributed by atoms with Crippen molar-refractivity contribution < 1.29 is 4.79 Å². The van der Waals surface area contributed by atoms with Crippen LogP contribution in [0.3, 0.4) is 0 Å². The molecule has 0 aliphatic carbocycles.